The molecule has 0 spiro atoms. The summed E-state index contributed by atoms with van der Waals surface area (Å²) in [6.45, 7) is -0.587. The molecule has 3 aromatic carbocycles. The van der Waals surface area contributed by atoms with E-state index >= 15 is 0 Å². The molecule has 0 fully saturated rings. The summed E-state index contributed by atoms with van der Waals surface area (Å²) in [6.07, 6.45) is 2.57. The molecule has 4 rings (SSSR count). The van der Waals surface area contributed by atoms with Gasteiger partial charge >= 0.3 is 0 Å². The van der Waals surface area contributed by atoms with Gasteiger partial charge in [0.2, 0.25) is 5.91 Å². The number of fused-ring (bicyclic) bond motifs is 1. The van der Waals surface area contributed by atoms with Crippen LogP contribution in [0.3, 0.4) is 0 Å². The maximum atomic E-state index is 14.8. The number of aryl methyl sites for hydroxylation is 1. The predicted molar refractivity (Wildman–Crippen MR) is 131 cm³/mol. The standard InChI is InChI=1S/C26H27FN2O5S/c1-33-24-15-14-19(16-25(24)34-2)35(31,32)29(23-13-6-5-11-21(23)27)17-26(30)28-22-12-7-9-18-8-3-4-10-20(18)22/h3-6,8,10-11,13-16,22H,7,9,12,17H2,1-2H3,(H,28,30). The zero-order valence-electron chi connectivity index (χ0n) is 19.5. The first-order valence-electron chi connectivity index (χ1n) is 11.2. The lowest BCUT2D eigenvalue weighted by molar-refractivity contribution is -0.120. The molecule has 1 atom stereocenters. The normalized spacial score (nSPS) is 15.1. The lowest BCUT2D eigenvalue weighted by Crippen LogP contribution is -2.42. The largest absolute Gasteiger partial charge is 0.493 e. The van der Waals surface area contributed by atoms with Gasteiger partial charge in [-0.3, -0.25) is 9.10 Å². The van der Waals surface area contributed by atoms with Gasteiger partial charge in [0, 0.05) is 6.07 Å². The van der Waals surface area contributed by atoms with Gasteiger partial charge in [-0.15, -0.1) is 0 Å². The van der Waals surface area contributed by atoms with Gasteiger partial charge in [0.25, 0.3) is 10.0 Å². The molecule has 35 heavy (non-hydrogen) atoms. The van der Waals surface area contributed by atoms with E-state index in [1.807, 2.05) is 24.3 Å². The highest BCUT2D eigenvalue weighted by atomic mass is 32.2. The van der Waals surface area contributed by atoms with Gasteiger partial charge in [-0.25, -0.2) is 12.8 Å². The van der Waals surface area contributed by atoms with Gasteiger partial charge in [-0.2, -0.15) is 0 Å². The van der Waals surface area contributed by atoms with E-state index in [1.54, 1.807) is 0 Å². The number of amides is 1. The molecule has 0 heterocycles. The fourth-order valence-corrected chi connectivity index (χ4v) is 5.78. The maximum absolute atomic E-state index is 14.8. The van der Waals surface area contributed by atoms with Crippen LogP contribution in [0.4, 0.5) is 10.1 Å². The zero-order chi connectivity index (χ0) is 25.0. The molecule has 7 nitrogen and oxygen atoms in total. The van der Waals surface area contributed by atoms with E-state index in [2.05, 4.69) is 5.32 Å². The first-order chi connectivity index (χ1) is 16.8. The van der Waals surface area contributed by atoms with Crippen LogP contribution in [0.2, 0.25) is 0 Å². The molecule has 0 saturated heterocycles. The first kappa shape index (κ1) is 24.5. The van der Waals surface area contributed by atoms with Crippen LogP contribution in [0, 0.1) is 5.82 Å². The molecule has 3 aromatic rings. The molecule has 1 aliphatic carbocycles. The number of para-hydroxylation sites is 1. The minimum absolute atomic E-state index is 0.158. The molecule has 1 N–H and O–H groups in total. The Kier molecular flexibility index (Phi) is 7.25. The second-order valence-electron chi connectivity index (χ2n) is 8.19. The summed E-state index contributed by atoms with van der Waals surface area (Å²) >= 11 is 0. The van der Waals surface area contributed by atoms with Crippen molar-refractivity contribution in [1.82, 2.24) is 5.32 Å². The Morgan fingerprint density at radius 2 is 1.74 bits per heavy atom. The van der Waals surface area contributed by atoms with Crippen molar-refractivity contribution in [2.75, 3.05) is 25.1 Å². The van der Waals surface area contributed by atoms with Crippen LogP contribution in [-0.4, -0.2) is 35.1 Å². The highest BCUT2D eigenvalue weighted by molar-refractivity contribution is 7.92. The van der Waals surface area contributed by atoms with Crippen LogP contribution in [0.5, 0.6) is 11.5 Å². The molecule has 1 aliphatic rings. The van der Waals surface area contributed by atoms with Crippen LogP contribution in [0.15, 0.2) is 71.6 Å². The summed E-state index contributed by atoms with van der Waals surface area (Å²) < 4.78 is 53.3. The van der Waals surface area contributed by atoms with Crippen molar-refractivity contribution < 1.29 is 27.1 Å². The summed E-state index contributed by atoms with van der Waals surface area (Å²) in [7, 11) is -1.51. The van der Waals surface area contributed by atoms with Crippen molar-refractivity contribution >= 4 is 21.6 Å². The molecule has 0 saturated carbocycles. The Morgan fingerprint density at radius 1 is 1.03 bits per heavy atom. The number of carbonyl (C=O) groups is 1. The summed E-state index contributed by atoms with van der Waals surface area (Å²) in [6, 6.07) is 17.2. The third-order valence-electron chi connectivity index (χ3n) is 6.06. The number of ether oxygens (including phenoxy) is 2. The van der Waals surface area contributed by atoms with E-state index in [-0.39, 0.29) is 22.4 Å². The number of rotatable bonds is 8. The number of nitrogens with one attached hydrogen (secondary N) is 1. The SMILES string of the molecule is COc1ccc(S(=O)(=O)N(CC(=O)NC2CCCc3ccccc32)c2ccccc2F)cc1OC. The molecular formula is C26H27FN2O5S. The number of anilines is 1. The molecule has 0 radical (unpaired) electrons. The van der Waals surface area contributed by atoms with Crippen LogP contribution >= 0.6 is 0 Å². The Labute approximate surface area is 204 Å². The third-order valence-corrected chi connectivity index (χ3v) is 7.81. The van der Waals surface area contributed by atoms with E-state index < -0.39 is 28.3 Å². The van der Waals surface area contributed by atoms with E-state index in [1.165, 1.54) is 50.6 Å². The smallest absolute Gasteiger partial charge is 0.265 e. The highest BCUT2D eigenvalue weighted by Crippen LogP contribution is 2.33. The third kappa shape index (κ3) is 5.09. The van der Waals surface area contributed by atoms with Crippen LogP contribution < -0.4 is 19.1 Å². The van der Waals surface area contributed by atoms with Gasteiger partial charge in [-0.05, 0) is 54.7 Å². The topological polar surface area (TPSA) is 84.9 Å². The van der Waals surface area contributed by atoms with E-state index in [4.69, 9.17) is 9.47 Å². The van der Waals surface area contributed by atoms with Crippen molar-refractivity contribution in [3.8, 4) is 11.5 Å². The van der Waals surface area contributed by atoms with Crippen molar-refractivity contribution in [3.05, 3.63) is 83.7 Å². The lowest BCUT2D eigenvalue weighted by Gasteiger charge is -2.29. The van der Waals surface area contributed by atoms with Gasteiger partial charge in [0.05, 0.1) is 30.8 Å². The van der Waals surface area contributed by atoms with E-state index in [0.29, 0.717) is 5.75 Å². The molecular weight excluding hydrogens is 471 g/mol. The molecule has 0 aromatic heterocycles. The average molecular weight is 499 g/mol. The van der Waals surface area contributed by atoms with Crippen molar-refractivity contribution in [3.63, 3.8) is 0 Å². The Morgan fingerprint density at radius 3 is 2.49 bits per heavy atom. The summed E-state index contributed by atoms with van der Waals surface area (Å²) in [4.78, 5) is 13.0. The minimum Gasteiger partial charge on any atom is -0.493 e. The summed E-state index contributed by atoms with van der Waals surface area (Å²) in [5, 5.41) is 2.95. The number of hydrogen-bond donors (Lipinski definition) is 1. The number of sulfonamides is 1. The number of benzene rings is 3. The monoisotopic (exact) mass is 498 g/mol. The van der Waals surface area contributed by atoms with Crippen molar-refractivity contribution in [1.29, 1.82) is 0 Å². The molecule has 0 bridgehead atoms. The van der Waals surface area contributed by atoms with Crippen molar-refractivity contribution in [2.45, 2.75) is 30.2 Å². The van der Waals surface area contributed by atoms with Crippen molar-refractivity contribution in [2.24, 2.45) is 0 Å². The second kappa shape index (κ2) is 10.4. The molecule has 1 amide bonds. The number of hydrogen-bond acceptors (Lipinski definition) is 5. The van der Waals surface area contributed by atoms with Gasteiger partial charge in [0.1, 0.15) is 12.4 Å². The molecule has 184 valence electrons. The fraction of sp³-hybridized carbons (Fsp3) is 0.269. The lowest BCUT2D eigenvalue weighted by atomic mass is 9.88. The summed E-state index contributed by atoms with van der Waals surface area (Å²) in [5.74, 6) is -0.741. The Bertz CT molecular complexity index is 1330. The van der Waals surface area contributed by atoms with E-state index in [0.717, 1.165) is 40.8 Å². The molecule has 1 unspecified atom stereocenters. The average Bonchev–Trinajstić information content (AvgIpc) is 2.87. The number of carbonyl (C=O) groups excluding carboxylic acids is 1. The minimum atomic E-state index is -4.33. The zero-order valence-corrected chi connectivity index (χ0v) is 20.3. The van der Waals surface area contributed by atoms with Crippen LogP contribution in [0.25, 0.3) is 0 Å². The van der Waals surface area contributed by atoms with Crippen LogP contribution in [0.1, 0.15) is 30.0 Å². The Balaban J connectivity index is 1.67. The number of halogens is 1. The van der Waals surface area contributed by atoms with Gasteiger partial charge in [0.15, 0.2) is 11.5 Å². The second-order valence-corrected chi connectivity index (χ2v) is 10.1. The summed E-state index contributed by atoms with van der Waals surface area (Å²) in [5.41, 5.74) is 1.96. The van der Waals surface area contributed by atoms with Gasteiger partial charge in [-0.1, -0.05) is 36.4 Å². The van der Waals surface area contributed by atoms with Crippen LogP contribution in [-0.2, 0) is 21.2 Å². The molecule has 0 aliphatic heterocycles. The first-order valence-corrected chi connectivity index (χ1v) is 12.7. The highest BCUT2D eigenvalue weighted by Gasteiger charge is 2.31. The van der Waals surface area contributed by atoms with Gasteiger partial charge < -0.3 is 14.8 Å². The fourth-order valence-electron chi connectivity index (χ4n) is 4.33. The maximum Gasteiger partial charge on any atom is 0.265 e. The Hall–Kier alpha value is -3.59. The van der Waals surface area contributed by atoms with E-state index in [9.17, 15) is 17.6 Å². The number of nitrogens with zero attached hydrogens (tertiary/aromatic N) is 1. The number of methoxy groups -OCH3 is 2. The predicted octanol–water partition coefficient (Wildman–Crippen LogP) is 4.23. The molecule has 9 heteroatoms. The quantitative estimate of drug-likeness (QED) is 0.502.